The molecule has 1 atom stereocenters. The summed E-state index contributed by atoms with van der Waals surface area (Å²) in [5.74, 6) is -0.498. The summed E-state index contributed by atoms with van der Waals surface area (Å²) >= 11 is 4.52. The Hall–Kier alpha value is -1.81. The average molecular weight is 376 g/mol. The molecule has 0 saturated carbocycles. The number of urea groups is 1. The van der Waals surface area contributed by atoms with Crippen molar-refractivity contribution in [3.05, 3.63) is 32.8 Å². The number of carbonyl (C=O) groups excluding carboxylic acids is 1. The number of hydrogen-bond donors (Lipinski definition) is 2. The van der Waals surface area contributed by atoms with E-state index in [-0.39, 0.29) is 17.3 Å². The lowest BCUT2D eigenvalue weighted by molar-refractivity contribution is -0.384. The minimum Gasteiger partial charge on any atom is -0.480 e. The van der Waals surface area contributed by atoms with Gasteiger partial charge in [0, 0.05) is 22.4 Å². The minimum absolute atomic E-state index is 0.168. The van der Waals surface area contributed by atoms with Crippen molar-refractivity contribution in [1.29, 1.82) is 0 Å². The maximum atomic E-state index is 12.1. The lowest BCUT2D eigenvalue weighted by Crippen LogP contribution is -2.44. The molecule has 0 aliphatic carbocycles. The predicted octanol–water partition coefficient (Wildman–Crippen LogP) is 2.35. The van der Waals surface area contributed by atoms with Gasteiger partial charge >= 0.3 is 12.0 Å². The van der Waals surface area contributed by atoms with Gasteiger partial charge in [-0.05, 0) is 22.0 Å². The van der Waals surface area contributed by atoms with Gasteiger partial charge in [-0.3, -0.25) is 10.1 Å². The smallest absolute Gasteiger partial charge is 0.327 e. The zero-order valence-corrected chi connectivity index (χ0v) is 12.9. The van der Waals surface area contributed by atoms with Crippen molar-refractivity contribution in [2.75, 3.05) is 16.9 Å². The summed E-state index contributed by atoms with van der Waals surface area (Å²) in [4.78, 5) is 34.5. The number of thioether (sulfide) groups is 1. The second kappa shape index (κ2) is 6.31. The van der Waals surface area contributed by atoms with Crippen LogP contribution in [0.1, 0.15) is 0 Å². The topological polar surface area (TPSA) is 113 Å². The number of hydrogen-bond acceptors (Lipinski definition) is 5. The molecule has 21 heavy (non-hydrogen) atoms. The molecule has 2 N–H and O–H groups in total. The SMILES string of the molecule is O=C(O)[C@@H]1CSCN1C(=O)Nc1cc([N+](=O)[O-])ccc1Br. The summed E-state index contributed by atoms with van der Waals surface area (Å²) in [5.41, 5.74) is 0.0503. The summed E-state index contributed by atoms with van der Waals surface area (Å²) in [6.45, 7) is 0. The van der Waals surface area contributed by atoms with E-state index >= 15 is 0 Å². The first-order chi connectivity index (χ1) is 9.90. The third-order valence-electron chi connectivity index (χ3n) is 2.83. The van der Waals surface area contributed by atoms with Crippen LogP contribution in [0.5, 0.6) is 0 Å². The van der Waals surface area contributed by atoms with E-state index in [1.165, 1.54) is 34.9 Å². The summed E-state index contributed by atoms with van der Waals surface area (Å²) < 4.78 is 0.472. The van der Waals surface area contributed by atoms with Gasteiger partial charge in [-0.1, -0.05) is 0 Å². The number of carboxylic acid groups (broad SMARTS) is 1. The van der Waals surface area contributed by atoms with Gasteiger partial charge in [0.15, 0.2) is 0 Å². The third-order valence-corrected chi connectivity index (χ3v) is 4.53. The Bertz CT molecular complexity index is 612. The second-order valence-electron chi connectivity index (χ2n) is 4.18. The molecule has 10 heteroatoms. The van der Waals surface area contributed by atoms with Crippen LogP contribution in [0.4, 0.5) is 16.2 Å². The van der Waals surface area contributed by atoms with Crippen LogP contribution in [0.2, 0.25) is 0 Å². The molecule has 1 aliphatic rings. The number of halogens is 1. The molecular formula is C11H10BrN3O5S. The first-order valence-corrected chi connectivity index (χ1v) is 7.67. The van der Waals surface area contributed by atoms with Crippen molar-refractivity contribution < 1.29 is 19.6 Å². The molecule has 1 fully saturated rings. The first-order valence-electron chi connectivity index (χ1n) is 5.72. The number of aliphatic carboxylic acids is 1. The van der Waals surface area contributed by atoms with Gasteiger partial charge in [-0.2, -0.15) is 0 Å². The van der Waals surface area contributed by atoms with Crippen LogP contribution < -0.4 is 5.32 Å². The number of non-ortho nitro benzene ring substituents is 1. The summed E-state index contributed by atoms with van der Waals surface area (Å²) in [6.07, 6.45) is 0. The quantitative estimate of drug-likeness (QED) is 0.619. The fourth-order valence-corrected chi connectivity index (χ4v) is 3.25. The largest absolute Gasteiger partial charge is 0.480 e. The number of anilines is 1. The molecule has 2 amide bonds. The Morgan fingerprint density at radius 2 is 2.24 bits per heavy atom. The molecule has 0 bridgehead atoms. The molecule has 8 nitrogen and oxygen atoms in total. The van der Waals surface area contributed by atoms with Crippen molar-refractivity contribution in [3.8, 4) is 0 Å². The Labute approximate surface area is 131 Å². The highest BCUT2D eigenvalue weighted by Crippen LogP contribution is 2.28. The van der Waals surface area contributed by atoms with Crippen LogP contribution in [-0.4, -0.2) is 44.6 Å². The van der Waals surface area contributed by atoms with Crippen LogP contribution >= 0.6 is 27.7 Å². The van der Waals surface area contributed by atoms with Crippen molar-refractivity contribution in [1.82, 2.24) is 4.90 Å². The maximum absolute atomic E-state index is 12.1. The molecule has 0 spiro atoms. The number of nitro groups is 1. The van der Waals surface area contributed by atoms with Crippen LogP contribution in [0.15, 0.2) is 22.7 Å². The van der Waals surface area contributed by atoms with Crippen LogP contribution in [0.25, 0.3) is 0 Å². The molecule has 0 aromatic heterocycles. The lowest BCUT2D eigenvalue weighted by Gasteiger charge is -2.21. The van der Waals surface area contributed by atoms with Gasteiger partial charge in [0.25, 0.3) is 5.69 Å². The Balaban J connectivity index is 2.18. The Kier molecular flexibility index (Phi) is 4.68. The first kappa shape index (κ1) is 15.6. The number of nitro benzene ring substituents is 1. The van der Waals surface area contributed by atoms with Gasteiger partial charge in [-0.25, -0.2) is 9.59 Å². The highest BCUT2D eigenvalue weighted by Gasteiger charge is 2.34. The molecule has 112 valence electrons. The van der Waals surface area contributed by atoms with Crippen molar-refractivity contribution in [2.24, 2.45) is 0 Å². The predicted molar refractivity (Wildman–Crippen MR) is 80.4 cm³/mol. The van der Waals surface area contributed by atoms with Crippen LogP contribution in [-0.2, 0) is 4.79 Å². The van der Waals surface area contributed by atoms with E-state index in [0.717, 1.165) is 0 Å². The fourth-order valence-electron chi connectivity index (χ4n) is 1.76. The molecule has 1 aromatic rings. The van der Waals surface area contributed by atoms with E-state index in [0.29, 0.717) is 10.2 Å². The van der Waals surface area contributed by atoms with Gasteiger partial charge in [0.05, 0.1) is 16.5 Å². The summed E-state index contributed by atoms with van der Waals surface area (Å²) in [5, 5.41) is 22.3. The van der Waals surface area contributed by atoms with E-state index in [1.807, 2.05) is 0 Å². The molecule has 2 rings (SSSR count). The average Bonchev–Trinajstić information content (AvgIpc) is 2.90. The number of benzene rings is 1. The van der Waals surface area contributed by atoms with Gasteiger partial charge in [-0.15, -0.1) is 11.8 Å². The number of carboxylic acids is 1. The minimum atomic E-state index is -1.08. The monoisotopic (exact) mass is 375 g/mol. The van der Waals surface area contributed by atoms with Crippen molar-refractivity contribution in [2.45, 2.75) is 6.04 Å². The lowest BCUT2D eigenvalue weighted by atomic mass is 10.3. The molecule has 0 radical (unpaired) electrons. The zero-order valence-electron chi connectivity index (χ0n) is 10.5. The molecule has 1 aliphatic heterocycles. The maximum Gasteiger partial charge on any atom is 0.327 e. The molecule has 1 aromatic carbocycles. The van der Waals surface area contributed by atoms with E-state index in [9.17, 15) is 19.7 Å². The van der Waals surface area contributed by atoms with Gasteiger partial charge < -0.3 is 15.3 Å². The van der Waals surface area contributed by atoms with Gasteiger partial charge in [0.1, 0.15) is 6.04 Å². The van der Waals surface area contributed by atoms with Gasteiger partial charge in [0.2, 0.25) is 0 Å². The van der Waals surface area contributed by atoms with E-state index < -0.39 is 23.0 Å². The number of nitrogens with zero attached hydrogens (tertiary/aromatic N) is 2. The number of carbonyl (C=O) groups is 2. The second-order valence-corrected chi connectivity index (χ2v) is 6.03. The Morgan fingerprint density at radius 3 is 2.86 bits per heavy atom. The normalized spacial score (nSPS) is 17.6. The Morgan fingerprint density at radius 1 is 1.52 bits per heavy atom. The van der Waals surface area contributed by atoms with Crippen LogP contribution in [0.3, 0.4) is 0 Å². The highest BCUT2D eigenvalue weighted by atomic mass is 79.9. The molecule has 1 heterocycles. The standard InChI is InChI=1S/C11H10BrN3O5S/c12-7-2-1-6(15(19)20)3-8(7)13-11(18)14-5-21-4-9(14)10(16)17/h1-3,9H,4-5H2,(H,13,18)(H,16,17)/t9-/m0/s1. The number of nitrogens with one attached hydrogen (secondary N) is 1. The third kappa shape index (κ3) is 3.45. The number of amides is 2. The van der Waals surface area contributed by atoms with Crippen molar-refractivity contribution >= 4 is 51.1 Å². The fraction of sp³-hybridized carbons (Fsp3) is 0.273. The van der Waals surface area contributed by atoms with E-state index in [2.05, 4.69) is 21.2 Å². The highest BCUT2D eigenvalue weighted by molar-refractivity contribution is 9.10. The molecule has 0 unspecified atom stereocenters. The zero-order chi connectivity index (χ0) is 15.6. The molecule has 1 saturated heterocycles. The van der Waals surface area contributed by atoms with E-state index in [4.69, 9.17) is 5.11 Å². The van der Waals surface area contributed by atoms with E-state index in [1.54, 1.807) is 0 Å². The molecular weight excluding hydrogens is 366 g/mol. The van der Waals surface area contributed by atoms with Crippen molar-refractivity contribution in [3.63, 3.8) is 0 Å². The summed E-state index contributed by atoms with van der Waals surface area (Å²) in [6, 6.07) is 2.45. The summed E-state index contributed by atoms with van der Waals surface area (Å²) in [7, 11) is 0. The number of rotatable bonds is 3. The van der Waals surface area contributed by atoms with Crippen LogP contribution in [0, 0.1) is 10.1 Å².